The molecule has 5 nitrogen and oxygen atoms in total. The summed E-state index contributed by atoms with van der Waals surface area (Å²) in [6.45, 7) is 2.86. The molecule has 0 aliphatic carbocycles. The largest absolute Gasteiger partial charge is 0.494 e. The molecule has 0 radical (unpaired) electrons. The lowest BCUT2D eigenvalue weighted by Crippen LogP contribution is -2.13. The summed E-state index contributed by atoms with van der Waals surface area (Å²) in [5.41, 5.74) is 2.26. The minimum atomic E-state index is -0.487. The first-order valence-corrected chi connectivity index (χ1v) is 10.8. The predicted molar refractivity (Wildman–Crippen MR) is 130 cm³/mol. The van der Waals surface area contributed by atoms with E-state index in [1.165, 1.54) is 6.08 Å². The summed E-state index contributed by atoms with van der Waals surface area (Å²) >= 11 is 2.25. The highest BCUT2D eigenvalue weighted by Gasteiger charge is 2.11. The maximum atomic E-state index is 12.6. The van der Waals surface area contributed by atoms with E-state index in [2.05, 4.69) is 27.9 Å². The predicted octanol–water partition coefficient (Wildman–Crippen LogP) is 5.81. The van der Waals surface area contributed by atoms with Crippen molar-refractivity contribution in [3.63, 3.8) is 0 Å². The van der Waals surface area contributed by atoms with Gasteiger partial charge in [-0.05, 0) is 83.6 Å². The van der Waals surface area contributed by atoms with Crippen LogP contribution < -0.4 is 14.8 Å². The molecule has 1 amide bonds. The summed E-state index contributed by atoms with van der Waals surface area (Å²) in [6.07, 6.45) is 1.53. The lowest BCUT2D eigenvalue weighted by atomic mass is 10.1. The topological polar surface area (TPSA) is 71.3 Å². The van der Waals surface area contributed by atoms with Crippen LogP contribution in [0.25, 0.3) is 6.08 Å². The van der Waals surface area contributed by atoms with Gasteiger partial charge in [0.05, 0.1) is 6.61 Å². The summed E-state index contributed by atoms with van der Waals surface area (Å²) in [5, 5.41) is 12.3. The Morgan fingerprint density at radius 3 is 2.42 bits per heavy atom. The van der Waals surface area contributed by atoms with Crippen molar-refractivity contribution in [1.29, 1.82) is 5.26 Å². The third-order valence-corrected chi connectivity index (χ3v) is 5.03. The zero-order valence-corrected chi connectivity index (χ0v) is 19.1. The molecule has 0 bridgehead atoms. The molecule has 0 aromatic heterocycles. The van der Waals surface area contributed by atoms with Crippen LogP contribution in [0.3, 0.4) is 0 Å². The van der Waals surface area contributed by atoms with Crippen molar-refractivity contribution in [2.75, 3.05) is 11.9 Å². The molecule has 3 aromatic rings. The normalized spacial score (nSPS) is 10.8. The van der Waals surface area contributed by atoms with Gasteiger partial charge >= 0.3 is 0 Å². The Kier molecular flexibility index (Phi) is 8.07. The zero-order valence-electron chi connectivity index (χ0n) is 17.0. The average molecular weight is 524 g/mol. The number of nitrogens with zero attached hydrogens (tertiary/aromatic N) is 1. The van der Waals surface area contributed by atoms with Crippen LogP contribution in [-0.2, 0) is 11.4 Å². The number of nitrogens with one attached hydrogen (secondary N) is 1. The second-order valence-electron chi connectivity index (χ2n) is 6.53. The van der Waals surface area contributed by atoms with Crippen molar-refractivity contribution in [1.82, 2.24) is 0 Å². The number of carbonyl (C=O) groups is 1. The fourth-order valence-electron chi connectivity index (χ4n) is 2.78. The van der Waals surface area contributed by atoms with Gasteiger partial charge in [-0.25, -0.2) is 0 Å². The van der Waals surface area contributed by atoms with Crippen molar-refractivity contribution in [2.24, 2.45) is 0 Å². The molecule has 0 spiro atoms. The maximum absolute atomic E-state index is 12.6. The van der Waals surface area contributed by atoms with Gasteiger partial charge in [-0.2, -0.15) is 5.26 Å². The minimum Gasteiger partial charge on any atom is -0.494 e. The highest BCUT2D eigenvalue weighted by atomic mass is 127. The second-order valence-corrected chi connectivity index (χ2v) is 7.78. The number of hydrogen-bond acceptors (Lipinski definition) is 4. The number of para-hydroxylation sites is 1. The average Bonchev–Trinajstić information content (AvgIpc) is 2.79. The van der Waals surface area contributed by atoms with E-state index in [1.807, 2.05) is 61.5 Å². The molecular formula is C25H21IN2O3. The van der Waals surface area contributed by atoms with Crippen LogP contribution in [0.5, 0.6) is 11.5 Å². The Balaban J connectivity index is 1.73. The van der Waals surface area contributed by atoms with Crippen molar-refractivity contribution in [3.05, 3.63) is 93.1 Å². The van der Waals surface area contributed by atoms with Crippen LogP contribution in [0.1, 0.15) is 18.1 Å². The summed E-state index contributed by atoms with van der Waals surface area (Å²) in [5.74, 6) is 0.831. The first kappa shape index (κ1) is 22.4. The van der Waals surface area contributed by atoms with Gasteiger partial charge in [0.1, 0.15) is 29.7 Å². The maximum Gasteiger partial charge on any atom is 0.266 e. The van der Waals surface area contributed by atoms with Gasteiger partial charge in [-0.15, -0.1) is 0 Å². The number of ether oxygens (including phenoxy) is 2. The number of anilines is 1. The van der Waals surface area contributed by atoms with Gasteiger partial charge in [-0.3, -0.25) is 4.79 Å². The Hall–Kier alpha value is -3.31. The highest BCUT2D eigenvalue weighted by Crippen LogP contribution is 2.23. The molecule has 0 atom stereocenters. The van der Waals surface area contributed by atoms with Crippen molar-refractivity contribution in [2.45, 2.75) is 13.5 Å². The van der Waals surface area contributed by atoms with Crippen LogP contribution in [0.2, 0.25) is 0 Å². The molecular weight excluding hydrogens is 503 g/mol. The molecule has 0 saturated heterocycles. The van der Waals surface area contributed by atoms with Crippen LogP contribution in [0.15, 0.2) is 78.4 Å². The molecule has 1 N–H and O–H groups in total. The molecule has 0 unspecified atom stereocenters. The summed E-state index contributed by atoms with van der Waals surface area (Å²) < 4.78 is 12.5. The summed E-state index contributed by atoms with van der Waals surface area (Å²) in [6, 6.07) is 24.3. The SMILES string of the molecule is CCOc1ccc(NC(=O)/C(C#N)=C\c2ccccc2OCc2ccc(I)cc2)cc1. The van der Waals surface area contributed by atoms with Crippen LogP contribution in [-0.4, -0.2) is 12.5 Å². The van der Waals surface area contributed by atoms with Gasteiger partial charge in [0.2, 0.25) is 0 Å². The summed E-state index contributed by atoms with van der Waals surface area (Å²) in [4.78, 5) is 12.6. The molecule has 3 rings (SSSR count). The van der Waals surface area contributed by atoms with Gasteiger partial charge in [0.15, 0.2) is 0 Å². The molecule has 0 fully saturated rings. The number of rotatable bonds is 8. The Morgan fingerprint density at radius 2 is 1.74 bits per heavy atom. The molecule has 0 aliphatic rings. The van der Waals surface area contributed by atoms with Crippen LogP contribution >= 0.6 is 22.6 Å². The van der Waals surface area contributed by atoms with E-state index in [9.17, 15) is 10.1 Å². The summed E-state index contributed by atoms with van der Waals surface area (Å²) in [7, 11) is 0. The van der Waals surface area contributed by atoms with Crippen molar-refractivity contribution in [3.8, 4) is 17.6 Å². The number of amides is 1. The van der Waals surface area contributed by atoms with E-state index in [-0.39, 0.29) is 5.57 Å². The van der Waals surface area contributed by atoms with E-state index >= 15 is 0 Å². The Bertz CT molecular complexity index is 1100. The molecule has 156 valence electrons. The third kappa shape index (κ3) is 6.59. The first-order chi connectivity index (χ1) is 15.1. The molecule has 0 aliphatic heterocycles. The van der Waals surface area contributed by atoms with E-state index in [4.69, 9.17) is 9.47 Å². The number of nitriles is 1. The van der Waals surface area contributed by atoms with E-state index < -0.39 is 5.91 Å². The van der Waals surface area contributed by atoms with Crippen LogP contribution in [0.4, 0.5) is 5.69 Å². The van der Waals surface area contributed by atoms with E-state index in [1.54, 1.807) is 24.3 Å². The Morgan fingerprint density at radius 1 is 1.03 bits per heavy atom. The molecule has 6 heteroatoms. The van der Waals surface area contributed by atoms with Gasteiger partial charge in [0.25, 0.3) is 5.91 Å². The fraction of sp³-hybridized carbons (Fsp3) is 0.120. The molecule has 0 saturated carbocycles. The van der Waals surface area contributed by atoms with Gasteiger partial charge in [0, 0.05) is 14.8 Å². The lowest BCUT2D eigenvalue weighted by Gasteiger charge is -2.10. The van der Waals surface area contributed by atoms with Crippen LogP contribution in [0, 0.1) is 14.9 Å². The number of benzene rings is 3. The fourth-order valence-corrected chi connectivity index (χ4v) is 3.14. The van der Waals surface area contributed by atoms with Gasteiger partial charge < -0.3 is 14.8 Å². The second kappa shape index (κ2) is 11.2. The number of carbonyl (C=O) groups excluding carboxylic acids is 1. The quantitative estimate of drug-likeness (QED) is 0.229. The lowest BCUT2D eigenvalue weighted by molar-refractivity contribution is -0.112. The number of hydrogen-bond donors (Lipinski definition) is 1. The van der Waals surface area contributed by atoms with E-state index in [0.717, 1.165) is 14.9 Å². The molecule has 3 aromatic carbocycles. The highest BCUT2D eigenvalue weighted by molar-refractivity contribution is 14.1. The van der Waals surface area contributed by atoms with E-state index in [0.29, 0.717) is 30.2 Å². The Labute approximate surface area is 195 Å². The monoisotopic (exact) mass is 524 g/mol. The number of halogens is 1. The standard InChI is InChI=1S/C25H21IN2O3/c1-2-30-23-13-11-22(12-14-23)28-25(29)20(16-27)15-19-5-3-4-6-24(19)31-17-18-7-9-21(26)10-8-18/h3-15H,2,17H2,1H3,(H,28,29)/b20-15-. The van der Waals surface area contributed by atoms with Crippen molar-refractivity contribution < 1.29 is 14.3 Å². The zero-order chi connectivity index (χ0) is 22.1. The first-order valence-electron chi connectivity index (χ1n) is 9.71. The third-order valence-electron chi connectivity index (χ3n) is 4.31. The smallest absolute Gasteiger partial charge is 0.266 e. The van der Waals surface area contributed by atoms with Gasteiger partial charge in [-0.1, -0.05) is 30.3 Å². The van der Waals surface area contributed by atoms with Crippen molar-refractivity contribution >= 4 is 40.3 Å². The molecule has 31 heavy (non-hydrogen) atoms. The molecule has 0 heterocycles. The minimum absolute atomic E-state index is 0.0146.